The first kappa shape index (κ1) is 32.4. The Morgan fingerprint density at radius 2 is 1.71 bits per heavy atom. The van der Waals surface area contributed by atoms with E-state index in [4.69, 9.17) is 5.73 Å². The SMILES string of the molecule is C[C@@H]1C[C@H](N)CN(c2ccncc2NC(=O)c2ccc(F)c(-c3c(F)cc(N4CC[C@H](O)C4)cc3F)c2F)C1.Cl.Cl. The number of anilines is 3. The number of nitrogens with one attached hydrogen (secondary N) is 1. The van der Waals surface area contributed by atoms with Gasteiger partial charge >= 0.3 is 0 Å². The smallest absolute Gasteiger partial charge is 0.258 e. The Kier molecular flexibility index (Phi) is 10.5. The summed E-state index contributed by atoms with van der Waals surface area (Å²) in [5.74, 6) is -5.60. The maximum atomic E-state index is 15.6. The van der Waals surface area contributed by atoms with Gasteiger partial charge in [-0.1, -0.05) is 6.92 Å². The van der Waals surface area contributed by atoms with Crippen LogP contribution in [0, 0.1) is 29.2 Å². The molecule has 13 heteroatoms. The molecule has 2 saturated heterocycles. The number of halogens is 6. The number of carbonyl (C=O) groups is 1. The molecule has 41 heavy (non-hydrogen) atoms. The highest BCUT2D eigenvalue weighted by molar-refractivity contribution is 6.06. The number of hydrogen-bond acceptors (Lipinski definition) is 6. The van der Waals surface area contributed by atoms with Crippen LogP contribution in [-0.2, 0) is 0 Å². The molecule has 2 aliphatic rings. The van der Waals surface area contributed by atoms with Crippen LogP contribution in [-0.4, -0.2) is 54.3 Å². The number of piperidine rings is 1. The van der Waals surface area contributed by atoms with E-state index in [2.05, 4.69) is 17.2 Å². The van der Waals surface area contributed by atoms with E-state index in [1.54, 1.807) is 17.2 Å². The molecule has 222 valence electrons. The number of hydrogen-bond donors (Lipinski definition) is 3. The Hall–Kier alpha value is -3.12. The number of aromatic nitrogens is 1. The molecule has 0 saturated carbocycles. The minimum atomic E-state index is -1.39. The molecule has 4 N–H and O–H groups in total. The van der Waals surface area contributed by atoms with Crippen molar-refractivity contribution in [2.75, 3.05) is 41.3 Å². The van der Waals surface area contributed by atoms with Crippen molar-refractivity contribution < 1.29 is 27.5 Å². The summed E-state index contributed by atoms with van der Waals surface area (Å²) in [6.45, 7) is 3.89. The van der Waals surface area contributed by atoms with Crippen LogP contribution in [0.25, 0.3) is 11.1 Å². The Morgan fingerprint density at radius 3 is 2.34 bits per heavy atom. The first-order chi connectivity index (χ1) is 18.6. The van der Waals surface area contributed by atoms with Crippen LogP contribution in [0.1, 0.15) is 30.1 Å². The molecule has 3 aromatic rings. The maximum absolute atomic E-state index is 15.6. The van der Waals surface area contributed by atoms with Crippen LogP contribution in [0.5, 0.6) is 0 Å². The van der Waals surface area contributed by atoms with E-state index in [0.29, 0.717) is 43.3 Å². The summed E-state index contributed by atoms with van der Waals surface area (Å²) in [4.78, 5) is 20.8. The number of benzene rings is 2. The molecule has 2 aromatic carbocycles. The van der Waals surface area contributed by atoms with E-state index in [9.17, 15) is 14.3 Å². The lowest BCUT2D eigenvalue weighted by atomic mass is 9.96. The van der Waals surface area contributed by atoms with Crippen molar-refractivity contribution in [2.45, 2.75) is 31.9 Å². The largest absolute Gasteiger partial charge is 0.391 e. The third-order valence-corrected chi connectivity index (χ3v) is 7.22. The summed E-state index contributed by atoms with van der Waals surface area (Å²) in [6.07, 6.45) is 3.64. The number of β-amino-alcohol motifs (C(OH)–C–C–N with tert-alkyl or cyclic N) is 1. The number of carbonyl (C=O) groups excluding carboxylic acids is 1. The lowest BCUT2D eigenvalue weighted by Crippen LogP contribution is -2.46. The molecule has 3 heterocycles. The topological polar surface area (TPSA) is 94.7 Å². The molecule has 0 spiro atoms. The molecule has 2 aliphatic heterocycles. The Labute approximate surface area is 247 Å². The quantitative estimate of drug-likeness (QED) is 0.344. The molecule has 0 bridgehead atoms. The monoisotopic (exact) mass is 615 g/mol. The fourth-order valence-electron chi connectivity index (χ4n) is 5.46. The summed E-state index contributed by atoms with van der Waals surface area (Å²) >= 11 is 0. The molecule has 5 rings (SSSR count). The van der Waals surface area contributed by atoms with Crippen molar-refractivity contribution in [3.05, 3.63) is 71.6 Å². The highest BCUT2D eigenvalue weighted by Gasteiger charge is 2.29. The van der Waals surface area contributed by atoms with Crippen molar-refractivity contribution in [2.24, 2.45) is 11.7 Å². The van der Waals surface area contributed by atoms with Gasteiger partial charge in [0.2, 0.25) is 0 Å². The van der Waals surface area contributed by atoms with Crippen LogP contribution in [0.4, 0.5) is 34.6 Å². The van der Waals surface area contributed by atoms with Gasteiger partial charge in [-0.15, -0.1) is 24.8 Å². The molecule has 0 radical (unpaired) electrons. The number of pyridine rings is 1. The van der Waals surface area contributed by atoms with Gasteiger partial charge in [0.1, 0.15) is 23.3 Å². The van der Waals surface area contributed by atoms with E-state index >= 15 is 13.2 Å². The van der Waals surface area contributed by atoms with Crippen LogP contribution in [0.2, 0.25) is 0 Å². The minimum Gasteiger partial charge on any atom is -0.391 e. The minimum absolute atomic E-state index is 0. The first-order valence-corrected chi connectivity index (χ1v) is 12.8. The van der Waals surface area contributed by atoms with Gasteiger partial charge in [0.25, 0.3) is 5.91 Å². The average Bonchev–Trinajstić information content (AvgIpc) is 3.31. The van der Waals surface area contributed by atoms with E-state index in [1.165, 1.54) is 6.20 Å². The summed E-state index contributed by atoms with van der Waals surface area (Å²) in [5.41, 5.74) is 4.78. The molecular formula is C28H31Cl2F4N5O2. The van der Waals surface area contributed by atoms with Crippen molar-refractivity contribution in [1.29, 1.82) is 0 Å². The molecule has 0 unspecified atom stereocenters. The van der Waals surface area contributed by atoms with E-state index in [1.807, 2.05) is 4.90 Å². The number of aliphatic hydroxyl groups is 1. The van der Waals surface area contributed by atoms with Gasteiger partial charge in [-0.3, -0.25) is 9.78 Å². The molecule has 1 amide bonds. The number of aliphatic hydroxyl groups excluding tert-OH is 1. The highest BCUT2D eigenvalue weighted by atomic mass is 35.5. The van der Waals surface area contributed by atoms with Crippen LogP contribution < -0.4 is 20.9 Å². The third-order valence-electron chi connectivity index (χ3n) is 7.22. The standard InChI is InChI=1S/C28H29F4N5O2.2ClH/c1-15-8-16(33)13-37(12-15)24-4-6-34-11-23(24)35-28(39)19-2-3-20(29)26(27(19)32)25-21(30)9-17(10-22(25)31)36-7-5-18(38)14-36;;/h2-4,6,9-11,15-16,18,38H,5,7-8,12-14,33H2,1H3,(H,35,39);2*1H/t15-,16+,18+;;/m1../s1. The molecule has 7 nitrogen and oxygen atoms in total. The predicted molar refractivity (Wildman–Crippen MR) is 155 cm³/mol. The fraction of sp³-hybridized carbons (Fsp3) is 0.357. The van der Waals surface area contributed by atoms with Crippen molar-refractivity contribution in [3.63, 3.8) is 0 Å². The summed E-state index contributed by atoms with van der Waals surface area (Å²) < 4.78 is 60.7. The molecule has 2 fully saturated rings. The average molecular weight is 616 g/mol. The molecule has 1 aromatic heterocycles. The second kappa shape index (κ2) is 13.2. The van der Waals surface area contributed by atoms with Gasteiger partial charge in [0, 0.05) is 44.1 Å². The number of nitrogens with zero attached hydrogens (tertiary/aromatic N) is 3. The third kappa shape index (κ3) is 6.69. The molecule has 3 atom stereocenters. The summed E-state index contributed by atoms with van der Waals surface area (Å²) in [6, 6.07) is 5.30. The van der Waals surface area contributed by atoms with E-state index in [0.717, 1.165) is 30.7 Å². The van der Waals surface area contributed by atoms with Crippen molar-refractivity contribution >= 4 is 47.8 Å². The van der Waals surface area contributed by atoms with Gasteiger partial charge in [-0.05, 0) is 49.1 Å². The highest BCUT2D eigenvalue weighted by Crippen LogP contribution is 2.36. The predicted octanol–water partition coefficient (Wildman–Crippen LogP) is 5.15. The summed E-state index contributed by atoms with van der Waals surface area (Å²) in [7, 11) is 0. The number of rotatable bonds is 5. The zero-order valence-corrected chi connectivity index (χ0v) is 23.8. The van der Waals surface area contributed by atoms with Gasteiger partial charge in [-0.25, -0.2) is 17.6 Å². The molecular weight excluding hydrogens is 585 g/mol. The normalized spacial score (nSPS) is 20.3. The zero-order valence-electron chi connectivity index (χ0n) is 22.1. The zero-order chi connectivity index (χ0) is 27.8. The summed E-state index contributed by atoms with van der Waals surface area (Å²) in [5, 5.41) is 12.3. The first-order valence-electron chi connectivity index (χ1n) is 12.8. The van der Waals surface area contributed by atoms with E-state index < -0.39 is 52.0 Å². The molecule has 0 aliphatic carbocycles. The van der Waals surface area contributed by atoms with Gasteiger partial charge < -0.3 is 26.0 Å². The van der Waals surface area contributed by atoms with Gasteiger partial charge in [-0.2, -0.15) is 0 Å². The second-order valence-electron chi connectivity index (χ2n) is 10.3. The Bertz CT molecular complexity index is 1380. The van der Waals surface area contributed by atoms with Gasteiger partial charge in [0.05, 0.1) is 40.4 Å². The second-order valence-corrected chi connectivity index (χ2v) is 10.3. The number of nitrogens with two attached hydrogens (primary N) is 1. The van der Waals surface area contributed by atoms with Crippen LogP contribution in [0.15, 0.2) is 42.7 Å². The van der Waals surface area contributed by atoms with Crippen LogP contribution >= 0.6 is 24.8 Å². The van der Waals surface area contributed by atoms with E-state index in [-0.39, 0.29) is 43.1 Å². The fourth-order valence-corrected chi connectivity index (χ4v) is 5.46. The Morgan fingerprint density at radius 1 is 1.00 bits per heavy atom. The van der Waals surface area contributed by atoms with Crippen molar-refractivity contribution in [3.8, 4) is 11.1 Å². The number of amides is 1. The maximum Gasteiger partial charge on any atom is 0.258 e. The lowest BCUT2D eigenvalue weighted by molar-refractivity contribution is 0.102. The lowest BCUT2D eigenvalue weighted by Gasteiger charge is -2.37. The Balaban J connectivity index is 0.00000231. The van der Waals surface area contributed by atoms with Crippen LogP contribution in [0.3, 0.4) is 0 Å². The van der Waals surface area contributed by atoms with Gasteiger partial charge in [0.15, 0.2) is 0 Å². The van der Waals surface area contributed by atoms with Crippen molar-refractivity contribution in [1.82, 2.24) is 4.98 Å².